The van der Waals surface area contributed by atoms with Crippen LogP contribution in [-0.4, -0.2) is 57.9 Å². The number of aryl methyl sites for hydroxylation is 2. The molecule has 0 saturated carbocycles. The molecule has 1 N–H and O–H groups in total. The fourth-order valence-corrected chi connectivity index (χ4v) is 5.09. The third-order valence-electron chi connectivity index (χ3n) is 6.06. The van der Waals surface area contributed by atoms with Crippen molar-refractivity contribution in [3.05, 3.63) is 40.0 Å². The molecule has 1 amide bonds. The van der Waals surface area contributed by atoms with Crippen molar-refractivity contribution in [3.8, 4) is 0 Å². The minimum atomic E-state index is 0.168. The summed E-state index contributed by atoms with van der Waals surface area (Å²) in [6.07, 6.45) is 4.09. The first kappa shape index (κ1) is 20.3. The van der Waals surface area contributed by atoms with Crippen molar-refractivity contribution in [1.29, 1.82) is 0 Å². The van der Waals surface area contributed by atoms with Gasteiger partial charge in [0.2, 0.25) is 5.91 Å². The Bertz CT molecular complexity index is 830. The van der Waals surface area contributed by atoms with Crippen LogP contribution in [0.25, 0.3) is 0 Å². The summed E-state index contributed by atoms with van der Waals surface area (Å²) in [4.78, 5) is 26.9. The number of hydrogen-bond donors (Lipinski definition) is 1. The molecule has 2 aromatic rings. The topological polar surface area (TPSA) is 61.4 Å². The summed E-state index contributed by atoms with van der Waals surface area (Å²) in [7, 11) is 0. The number of anilines is 1. The summed E-state index contributed by atoms with van der Waals surface area (Å²) < 4.78 is 0. The molecule has 1 unspecified atom stereocenters. The highest BCUT2D eigenvalue weighted by atomic mass is 32.1. The van der Waals surface area contributed by atoms with Gasteiger partial charge in [0, 0.05) is 42.7 Å². The van der Waals surface area contributed by atoms with Crippen molar-refractivity contribution in [2.45, 2.75) is 52.1 Å². The standard InChI is InChI=1S/C22H31N5OS/c1-16-5-3-7-21(24-16)23-13-20-6-4-10-27(20)22(28)18-8-11-26(12-9-18)14-19-15-29-17(2)25-19/h3,5,7,15,18,20H,4,6,8-14H2,1-2H3,(H,23,24). The van der Waals surface area contributed by atoms with Crippen LogP contribution < -0.4 is 5.32 Å². The molecule has 0 radical (unpaired) electrons. The van der Waals surface area contributed by atoms with Gasteiger partial charge >= 0.3 is 0 Å². The Kier molecular flexibility index (Phi) is 6.45. The maximum Gasteiger partial charge on any atom is 0.226 e. The molecule has 156 valence electrons. The van der Waals surface area contributed by atoms with E-state index in [0.29, 0.717) is 5.91 Å². The van der Waals surface area contributed by atoms with Crippen molar-refractivity contribution in [3.63, 3.8) is 0 Å². The average molecular weight is 414 g/mol. The van der Waals surface area contributed by atoms with E-state index >= 15 is 0 Å². The van der Waals surface area contributed by atoms with Gasteiger partial charge in [0.15, 0.2) is 0 Å². The maximum atomic E-state index is 13.2. The van der Waals surface area contributed by atoms with E-state index in [1.54, 1.807) is 11.3 Å². The summed E-state index contributed by atoms with van der Waals surface area (Å²) in [5, 5.41) is 6.71. The Hall–Kier alpha value is -1.99. The number of rotatable bonds is 6. The van der Waals surface area contributed by atoms with E-state index in [1.807, 2.05) is 25.1 Å². The Morgan fingerprint density at radius 2 is 2.00 bits per heavy atom. The number of nitrogens with one attached hydrogen (secondary N) is 1. The molecule has 0 aromatic carbocycles. The fourth-order valence-electron chi connectivity index (χ4n) is 4.48. The summed E-state index contributed by atoms with van der Waals surface area (Å²) in [5.74, 6) is 1.42. The van der Waals surface area contributed by atoms with Gasteiger partial charge in [0.05, 0.1) is 10.7 Å². The number of piperidine rings is 1. The van der Waals surface area contributed by atoms with E-state index in [1.165, 1.54) is 0 Å². The molecule has 7 heteroatoms. The second-order valence-corrected chi connectivity index (χ2v) is 9.34. The molecule has 2 aliphatic rings. The van der Waals surface area contributed by atoms with Crippen LogP contribution in [0.15, 0.2) is 23.6 Å². The summed E-state index contributed by atoms with van der Waals surface area (Å²) >= 11 is 1.71. The summed E-state index contributed by atoms with van der Waals surface area (Å²) in [6, 6.07) is 6.29. The smallest absolute Gasteiger partial charge is 0.226 e. The number of likely N-dealkylation sites (tertiary alicyclic amines) is 2. The summed E-state index contributed by atoms with van der Waals surface area (Å²) in [6.45, 7) is 8.60. The lowest BCUT2D eigenvalue weighted by atomic mass is 9.95. The first-order valence-electron chi connectivity index (χ1n) is 10.7. The molecule has 0 aliphatic carbocycles. The van der Waals surface area contributed by atoms with Crippen molar-refractivity contribution in [1.82, 2.24) is 19.8 Å². The molecule has 29 heavy (non-hydrogen) atoms. The lowest BCUT2D eigenvalue weighted by molar-refractivity contribution is -0.137. The second kappa shape index (κ2) is 9.22. The molecule has 2 aromatic heterocycles. The van der Waals surface area contributed by atoms with Gasteiger partial charge in [0.1, 0.15) is 5.82 Å². The van der Waals surface area contributed by atoms with Crippen LogP contribution in [0.2, 0.25) is 0 Å². The zero-order valence-electron chi connectivity index (χ0n) is 17.4. The number of carbonyl (C=O) groups excluding carboxylic acids is 1. The first-order valence-corrected chi connectivity index (χ1v) is 11.6. The van der Waals surface area contributed by atoms with Gasteiger partial charge in [-0.1, -0.05) is 6.07 Å². The van der Waals surface area contributed by atoms with Crippen LogP contribution in [0.1, 0.15) is 42.1 Å². The van der Waals surface area contributed by atoms with Gasteiger partial charge in [-0.05, 0) is 64.8 Å². The van der Waals surface area contributed by atoms with Gasteiger partial charge in [-0.15, -0.1) is 11.3 Å². The van der Waals surface area contributed by atoms with Crippen LogP contribution in [-0.2, 0) is 11.3 Å². The van der Waals surface area contributed by atoms with Crippen molar-refractivity contribution in [2.75, 3.05) is 31.5 Å². The van der Waals surface area contributed by atoms with Gasteiger partial charge in [-0.2, -0.15) is 0 Å². The predicted octanol–water partition coefficient (Wildman–Crippen LogP) is 3.47. The molecular formula is C22H31N5OS. The van der Waals surface area contributed by atoms with E-state index < -0.39 is 0 Å². The molecule has 4 rings (SSSR count). The first-order chi connectivity index (χ1) is 14.1. The monoisotopic (exact) mass is 413 g/mol. The average Bonchev–Trinajstić information content (AvgIpc) is 3.35. The van der Waals surface area contributed by atoms with Gasteiger partial charge in [-0.25, -0.2) is 9.97 Å². The minimum absolute atomic E-state index is 0.168. The Balaban J connectivity index is 1.27. The molecule has 1 atom stereocenters. The molecule has 0 spiro atoms. The van der Waals surface area contributed by atoms with Gasteiger partial charge < -0.3 is 10.2 Å². The van der Waals surface area contributed by atoms with Crippen molar-refractivity contribution < 1.29 is 4.79 Å². The van der Waals surface area contributed by atoms with Crippen molar-refractivity contribution in [2.24, 2.45) is 5.92 Å². The maximum absolute atomic E-state index is 13.2. The van der Waals surface area contributed by atoms with Crippen LogP contribution in [0, 0.1) is 19.8 Å². The van der Waals surface area contributed by atoms with E-state index in [0.717, 1.165) is 80.6 Å². The Morgan fingerprint density at radius 1 is 1.17 bits per heavy atom. The van der Waals surface area contributed by atoms with Gasteiger partial charge in [0.25, 0.3) is 0 Å². The SMILES string of the molecule is Cc1cccc(NCC2CCCN2C(=O)C2CCN(Cc3csc(C)n3)CC2)n1. The molecule has 2 aliphatic heterocycles. The largest absolute Gasteiger partial charge is 0.368 e. The molecule has 6 nitrogen and oxygen atoms in total. The third-order valence-corrected chi connectivity index (χ3v) is 6.88. The fraction of sp³-hybridized carbons (Fsp3) is 0.591. The van der Waals surface area contributed by atoms with Crippen LogP contribution >= 0.6 is 11.3 Å². The molecule has 0 bridgehead atoms. The number of aromatic nitrogens is 2. The van der Waals surface area contributed by atoms with Crippen LogP contribution in [0.3, 0.4) is 0 Å². The van der Waals surface area contributed by atoms with Crippen molar-refractivity contribution >= 4 is 23.1 Å². The summed E-state index contributed by atoms with van der Waals surface area (Å²) in [5.41, 5.74) is 2.17. The molecule has 2 fully saturated rings. The zero-order chi connectivity index (χ0) is 20.2. The van der Waals surface area contributed by atoms with E-state index in [-0.39, 0.29) is 12.0 Å². The normalized spacial score (nSPS) is 20.9. The number of pyridine rings is 1. The van der Waals surface area contributed by atoms with Crippen LogP contribution in [0.5, 0.6) is 0 Å². The zero-order valence-corrected chi connectivity index (χ0v) is 18.2. The molecule has 2 saturated heterocycles. The van der Waals surface area contributed by atoms with Gasteiger partial charge in [-0.3, -0.25) is 9.69 Å². The highest BCUT2D eigenvalue weighted by Gasteiger charge is 2.34. The lowest BCUT2D eigenvalue weighted by Gasteiger charge is -2.34. The van der Waals surface area contributed by atoms with E-state index in [9.17, 15) is 4.79 Å². The highest BCUT2D eigenvalue weighted by Crippen LogP contribution is 2.26. The highest BCUT2D eigenvalue weighted by molar-refractivity contribution is 7.09. The quantitative estimate of drug-likeness (QED) is 0.786. The number of thiazole rings is 1. The predicted molar refractivity (Wildman–Crippen MR) is 117 cm³/mol. The third kappa shape index (κ3) is 5.14. The lowest BCUT2D eigenvalue weighted by Crippen LogP contribution is -2.46. The minimum Gasteiger partial charge on any atom is -0.368 e. The van der Waals surface area contributed by atoms with Crippen LogP contribution in [0.4, 0.5) is 5.82 Å². The molecular weight excluding hydrogens is 382 g/mol. The van der Waals surface area contributed by atoms with E-state index in [2.05, 4.69) is 37.4 Å². The van der Waals surface area contributed by atoms with E-state index in [4.69, 9.17) is 0 Å². The number of nitrogens with zero attached hydrogens (tertiary/aromatic N) is 4. The molecule has 4 heterocycles. The number of amides is 1. The Morgan fingerprint density at radius 3 is 2.72 bits per heavy atom. The second-order valence-electron chi connectivity index (χ2n) is 8.28. The number of carbonyl (C=O) groups is 1. The number of hydrogen-bond acceptors (Lipinski definition) is 6. The Labute approximate surface area is 177 Å².